The van der Waals surface area contributed by atoms with Gasteiger partial charge in [0.15, 0.2) is 5.82 Å². The second-order valence-electron chi connectivity index (χ2n) is 7.03. The summed E-state index contributed by atoms with van der Waals surface area (Å²) in [6.07, 6.45) is 4.19. The lowest BCUT2D eigenvalue weighted by Crippen LogP contribution is -2.14. The van der Waals surface area contributed by atoms with Gasteiger partial charge in [-0.05, 0) is 55.3 Å². The lowest BCUT2D eigenvalue weighted by Gasteiger charge is -2.10. The van der Waals surface area contributed by atoms with Crippen LogP contribution in [-0.4, -0.2) is 34.3 Å². The molecule has 0 aliphatic carbocycles. The molecule has 30 heavy (non-hydrogen) atoms. The van der Waals surface area contributed by atoms with Gasteiger partial charge in [-0.2, -0.15) is 0 Å². The average molecular weight is 430 g/mol. The van der Waals surface area contributed by atoms with Crippen LogP contribution in [0.3, 0.4) is 0 Å². The molecule has 3 aromatic rings. The first-order chi connectivity index (χ1) is 14.3. The Balaban J connectivity index is 1.58. The standard InChI is InChI=1S/C20H19FN4O4S/c21-17-10-9-15(12-16(17)20(26)27)30(28,29)24-14-7-5-13(6-8-14)19-23-22-18-4-2-1-3-11-25(18)19/h5-10,12,24H,1-4,11H2,(H,26,27). The van der Waals surface area contributed by atoms with Crippen molar-refractivity contribution >= 4 is 21.7 Å². The molecule has 2 N–H and O–H groups in total. The van der Waals surface area contributed by atoms with Gasteiger partial charge >= 0.3 is 5.97 Å². The van der Waals surface area contributed by atoms with E-state index >= 15 is 0 Å². The number of carboxylic acids is 1. The summed E-state index contributed by atoms with van der Waals surface area (Å²) in [6, 6.07) is 9.29. The van der Waals surface area contributed by atoms with Crippen LogP contribution in [0.25, 0.3) is 11.4 Å². The van der Waals surface area contributed by atoms with Crippen molar-refractivity contribution < 1.29 is 22.7 Å². The van der Waals surface area contributed by atoms with E-state index in [1.165, 1.54) is 0 Å². The summed E-state index contributed by atoms with van der Waals surface area (Å²) in [7, 11) is -4.09. The van der Waals surface area contributed by atoms with Crippen LogP contribution in [0, 0.1) is 5.82 Å². The number of carbonyl (C=O) groups is 1. The minimum absolute atomic E-state index is 0.288. The van der Waals surface area contributed by atoms with E-state index in [4.69, 9.17) is 5.11 Å². The second-order valence-corrected chi connectivity index (χ2v) is 8.71. The Kier molecular flexibility index (Phi) is 5.25. The number of carboxylic acid groups (broad SMARTS) is 1. The minimum atomic E-state index is -4.09. The van der Waals surface area contributed by atoms with Gasteiger partial charge in [-0.25, -0.2) is 17.6 Å². The monoisotopic (exact) mass is 430 g/mol. The molecule has 10 heteroatoms. The molecule has 4 rings (SSSR count). The first kappa shape index (κ1) is 20.0. The summed E-state index contributed by atoms with van der Waals surface area (Å²) in [4.78, 5) is 10.7. The number of anilines is 1. The van der Waals surface area contributed by atoms with Crippen LogP contribution in [-0.2, 0) is 23.0 Å². The largest absolute Gasteiger partial charge is 0.478 e. The van der Waals surface area contributed by atoms with Gasteiger partial charge in [0.2, 0.25) is 0 Å². The number of hydrogen-bond acceptors (Lipinski definition) is 5. The Labute approximate surface area is 172 Å². The summed E-state index contributed by atoms with van der Waals surface area (Å²) in [5.41, 5.74) is 0.393. The number of fused-ring (bicyclic) bond motifs is 1. The number of nitrogens with one attached hydrogen (secondary N) is 1. The summed E-state index contributed by atoms with van der Waals surface area (Å²) in [6.45, 7) is 0.850. The summed E-state index contributed by atoms with van der Waals surface area (Å²) in [5, 5.41) is 17.5. The van der Waals surface area contributed by atoms with E-state index in [2.05, 4.69) is 19.5 Å². The number of aromatic nitrogens is 3. The van der Waals surface area contributed by atoms with E-state index < -0.39 is 27.4 Å². The van der Waals surface area contributed by atoms with Crippen LogP contribution >= 0.6 is 0 Å². The third-order valence-corrected chi connectivity index (χ3v) is 6.36. The first-order valence-electron chi connectivity index (χ1n) is 9.43. The first-order valence-corrected chi connectivity index (χ1v) is 10.9. The highest BCUT2D eigenvalue weighted by molar-refractivity contribution is 7.92. The minimum Gasteiger partial charge on any atom is -0.478 e. The molecule has 0 radical (unpaired) electrons. The van der Waals surface area contributed by atoms with Crippen LogP contribution in [0.1, 0.15) is 35.4 Å². The molecule has 2 heterocycles. The lowest BCUT2D eigenvalue weighted by molar-refractivity contribution is 0.0691. The maximum atomic E-state index is 13.6. The molecule has 0 fully saturated rings. The third-order valence-electron chi connectivity index (χ3n) is 4.98. The molecule has 1 aromatic heterocycles. The van der Waals surface area contributed by atoms with Crippen molar-refractivity contribution in [2.75, 3.05) is 4.72 Å². The van der Waals surface area contributed by atoms with E-state index in [1.807, 2.05) is 0 Å². The van der Waals surface area contributed by atoms with E-state index in [1.54, 1.807) is 24.3 Å². The second kappa shape index (κ2) is 7.86. The Hall–Kier alpha value is -3.27. The predicted octanol–water partition coefficient (Wildman–Crippen LogP) is 3.31. The summed E-state index contributed by atoms with van der Waals surface area (Å²) < 4.78 is 43.2. The van der Waals surface area contributed by atoms with Crippen molar-refractivity contribution in [3.8, 4) is 11.4 Å². The Morgan fingerprint density at radius 2 is 1.83 bits per heavy atom. The van der Waals surface area contributed by atoms with E-state index in [0.29, 0.717) is 0 Å². The van der Waals surface area contributed by atoms with E-state index in [-0.39, 0.29) is 10.6 Å². The number of rotatable bonds is 5. The van der Waals surface area contributed by atoms with Crippen LogP contribution in [0.15, 0.2) is 47.4 Å². The molecule has 0 atom stereocenters. The van der Waals surface area contributed by atoms with Crippen molar-refractivity contribution in [1.82, 2.24) is 14.8 Å². The summed E-state index contributed by atoms with van der Waals surface area (Å²) in [5.74, 6) is -0.844. The molecule has 0 unspecified atom stereocenters. The van der Waals surface area contributed by atoms with Gasteiger partial charge in [-0.15, -0.1) is 10.2 Å². The zero-order chi connectivity index (χ0) is 21.3. The van der Waals surface area contributed by atoms with Crippen molar-refractivity contribution in [2.45, 2.75) is 37.1 Å². The van der Waals surface area contributed by atoms with E-state index in [0.717, 1.165) is 67.6 Å². The van der Waals surface area contributed by atoms with Gasteiger partial charge in [0.1, 0.15) is 11.6 Å². The fourth-order valence-corrected chi connectivity index (χ4v) is 4.52. The van der Waals surface area contributed by atoms with E-state index in [9.17, 15) is 17.6 Å². The van der Waals surface area contributed by atoms with Crippen LogP contribution < -0.4 is 4.72 Å². The fourth-order valence-electron chi connectivity index (χ4n) is 3.44. The van der Waals surface area contributed by atoms with Gasteiger partial charge < -0.3 is 9.67 Å². The quantitative estimate of drug-likeness (QED) is 0.642. The number of aryl methyl sites for hydroxylation is 1. The topological polar surface area (TPSA) is 114 Å². The molecule has 0 bridgehead atoms. The molecule has 0 spiro atoms. The van der Waals surface area contributed by atoms with Gasteiger partial charge in [0.25, 0.3) is 10.0 Å². The Morgan fingerprint density at radius 3 is 2.57 bits per heavy atom. The molecule has 1 aliphatic rings. The molecule has 156 valence electrons. The lowest BCUT2D eigenvalue weighted by atomic mass is 10.2. The highest BCUT2D eigenvalue weighted by Gasteiger charge is 2.20. The number of halogens is 1. The molecular formula is C20H19FN4O4S. The maximum Gasteiger partial charge on any atom is 0.338 e. The Morgan fingerprint density at radius 1 is 1.07 bits per heavy atom. The number of sulfonamides is 1. The van der Waals surface area contributed by atoms with Gasteiger partial charge in [0, 0.05) is 24.2 Å². The molecular weight excluding hydrogens is 411 g/mol. The van der Waals surface area contributed by atoms with Crippen LogP contribution in [0.5, 0.6) is 0 Å². The zero-order valence-corrected chi connectivity index (χ0v) is 16.7. The predicted molar refractivity (Wildman–Crippen MR) is 107 cm³/mol. The van der Waals surface area contributed by atoms with Crippen molar-refractivity contribution in [2.24, 2.45) is 0 Å². The van der Waals surface area contributed by atoms with Crippen LogP contribution in [0.2, 0.25) is 0 Å². The fraction of sp³-hybridized carbons (Fsp3) is 0.250. The average Bonchev–Trinajstić information content (AvgIpc) is 2.96. The van der Waals surface area contributed by atoms with Gasteiger partial charge in [-0.1, -0.05) is 6.42 Å². The number of hydrogen-bond donors (Lipinski definition) is 2. The molecule has 8 nitrogen and oxygen atoms in total. The number of benzene rings is 2. The molecule has 0 saturated heterocycles. The van der Waals surface area contributed by atoms with Crippen molar-refractivity contribution in [3.63, 3.8) is 0 Å². The van der Waals surface area contributed by atoms with Crippen molar-refractivity contribution in [1.29, 1.82) is 0 Å². The van der Waals surface area contributed by atoms with Gasteiger partial charge in [-0.3, -0.25) is 4.72 Å². The molecule has 2 aromatic carbocycles. The highest BCUT2D eigenvalue weighted by atomic mass is 32.2. The number of aromatic carboxylic acids is 1. The van der Waals surface area contributed by atoms with Gasteiger partial charge in [0.05, 0.1) is 10.5 Å². The highest BCUT2D eigenvalue weighted by Crippen LogP contribution is 2.25. The van der Waals surface area contributed by atoms with Crippen molar-refractivity contribution in [3.05, 3.63) is 59.7 Å². The molecule has 1 aliphatic heterocycles. The zero-order valence-electron chi connectivity index (χ0n) is 15.9. The SMILES string of the molecule is O=C(O)c1cc(S(=O)(=O)Nc2ccc(-c3nnc4n3CCCCC4)cc2)ccc1F. The normalized spacial score (nSPS) is 14.0. The smallest absolute Gasteiger partial charge is 0.338 e. The van der Waals surface area contributed by atoms with Crippen LogP contribution in [0.4, 0.5) is 10.1 Å². The molecule has 0 amide bonds. The number of nitrogens with zero attached hydrogens (tertiary/aromatic N) is 3. The third kappa shape index (κ3) is 3.90. The molecule has 0 saturated carbocycles. The Bertz CT molecular complexity index is 1210. The summed E-state index contributed by atoms with van der Waals surface area (Å²) >= 11 is 0. The maximum absolute atomic E-state index is 13.6.